The van der Waals surface area contributed by atoms with Gasteiger partial charge in [-0.15, -0.1) is 0 Å². The third kappa shape index (κ3) is 2.17. The molecular formula is C15H10ClF2N3. The molecular weight excluding hydrogens is 296 g/mol. The average Bonchev–Trinajstić information content (AvgIpc) is 3.08. The summed E-state index contributed by atoms with van der Waals surface area (Å²) in [6, 6.07) is 5.44. The second-order valence-corrected chi connectivity index (χ2v) is 5.66. The van der Waals surface area contributed by atoms with Crippen LogP contribution in [0, 0.1) is 11.6 Å². The summed E-state index contributed by atoms with van der Waals surface area (Å²) in [5, 5.41) is 4.51. The van der Waals surface area contributed by atoms with Gasteiger partial charge in [-0.3, -0.25) is 0 Å². The molecule has 2 aromatic heterocycles. The predicted molar refractivity (Wildman–Crippen MR) is 74.5 cm³/mol. The van der Waals surface area contributed by atoms with Gasteiger partial charge in [0.15, 0.2) is 5.65 Å². The van der Waals surface area contributed by atoms with Crippen LogP contribution in [0.3, 0.4) is 0 Å². The van der Waals surface area contributed by atoms with E-state index in [4.69, 9.17) is 11.6 Å². The first-order valence-electron chi connectivity index (χ1n) is 6.57. The Morgan fingerprint density at radius 1 is 1.10 bits per heavy atom. The van der Waals surface area contributed by atoms with E-state index in [1.807, 2.05) is 0 Å². The van der Waals surface area contributed by atoms with Crippen LogP contribution in [0.25, 0.3) is 5.65 Å². The molecule has 1 aromatic carbocycles. The molecule has 3 aromatic rings. The van der Waals surface area contributed by atoms with Crippen molar-refractivity contribution >= 4 is 17.2 Å². The number of hydrogen-bond donors (Lipinski definition) is 0. The first kappa shape index (κ1) is 12.7. The van der Waals surface area contributed by atoms with Crippen molar-refractivity contribution in [3.8, 4) is 0 Å². The van der Waals surface area contributed by atoms with E-state index < -0.39 is 11.6 Å². The Balaban J connectivity index is 1.74. The largest absolute Gasteiger partial charge is 0.235 e. The molecule has 6 heteroatoms. The summed E-state index contributed by atoms with van der Waals surface area (Å²) < 4.78 is 28.3. The minimum atomic E-state index is -0.547. The fourth-order valence-corrected chi connectivity index (χ4v) is 3.08. The molecule has 0 unspecified atom stereocenters. The average molecular weight is 306 g/mol. The fraction of sp³-hybridized carbons (Fsp3) is 0.200. The lowest BCUT2D eigenvalue weighted by atomic mass is 10.1. The number of fused-ring (bicyclic) bond motifs is 1. The topological polar surface area (TPSA) is 30.2 Å². The Morgan fingerprint density at radius 2 is 1.86 bits per heavy atom. The van der Waals surface area contributed by atoms with Crippen LogP contribution >= 0.6 is 11.6 Å². The van der Waals surface area contributed by atoms with Gasteiger partial charge >= 0.3 is 0 Å². The van der Waals surface area contributed by atoms with Crippen molar-refractivity contribution in [2.75, 3.05) is 0 Å². The smallest absolute Gasteiger partial charge is 0.157 e. The van der Waals surface area contributed by atoms with Gasteiger partial charge in [0, 0.05) is 24.0 Å². The summed E-state index contributed by atoms with van der Waals surface area (Å²) in [4.78, 5) is 4.28. The maximum Gasteiger partial charge on any atom is 0.157 e. The van der Waals surface area contributed by atoms with E-state index in [2.05, 4.69) is 10.1 Å². The van der Waals surface area contributed by atoms with Crippen LogP contribution in [0.5, 0.6) is 0 Å². The van der Waals surface area contributed by atoms with Gasteiger partial charge in [-0.25, -0.2) is 18.3 Å². The zero-order valence-electron chi connectivity index (χ0n) is 10.8. The van der Waals surface area contributed by atoms with E-state index in [0.29, 0.717) is 10.7 Å². The van der Waals surface area contributed by atoms with E-state index in [9.17, 15) is 8.78 Å². The number of rotatable bonds is 2. The fourth-order valence-electron chi connectivity index (χ4n) is 2.88. The van der Waals surface area contributed by atoms with Gasteiger partial charge in [-0.2, -0.15) is 5.10 Å². The summed E-state index contributed by atoms with van der Waals surface area (Å²) in [6.45, 7) is 0. The number of halogens is 3. The highest BCUT2D eigenvalue weighted by molar-refractivity contribution is 6.29. The van der Waals surface area contributed by atoms with E-state index in [1.54, 1.807) is 23.0 Å². The lowest BCUT2D eigenvalue weighted by molar-refractivity contribution is 0.579. The van der Waals surface area contributed by atoms with Gasteiger partial charge in [0.05, 0.1) is 0 Å². The second-order valence-electron chi connectivity index (χ2n) is 5.27. The Bertz CT molecular complexity index is 826. The van der Waals surface area contributed by atoms with E-state index in [0.717, 1.165) is 23.7 Å². The highest BCUT2D eigenvalue weighted by Gasteiger charge is 2.41. The van der Waals surface area contributed by atoms with Crippen molar-refractivity contribution in [1.29, 1.82) is 0 Å². The predicted octanol–water partition coefficient (Wildman–Crippen LogP) is 3.93. The molecule has 2 heterocycles. The van der Waals surface area contributed by atoms with Gasteiger partial charge in [0.2, 0.25) is 0 Å². The van der Waals surface area contributed by atoms with Crippen LogP contribution in [0.4, 0.5) is 8.78 Å². The van der Waals surface area contributed by atoms with Gasteiger partial charge in [0.1, 0.15) is 16.8 Å². The Morgan fingerprint density at radius 3 is 2.62 bits per heavy atom. The summed E-state index contributed by atoms with van der Waals surface area (Å²) >= 11 is 6.02. The second kappa shape index (κ2) is 4.49. The molecule has 2 atom stereocenters. The van der Waals surface area contributed by atoms with Crippen LogP contribution in [-0.2, 0) is 0 Å². The maximum atomic E-state index is 13.3. The zero-order valence-corrected chi connectivity index (χ0v) is 11.6. The minimum Gasteiger partial charge on any atom is -0.235 e. The molecule has 0 amide bonds. The van der Waals surface area contributed by atoms with Crippen molar-refractivity contribution in [3.63, 3.8) is 0 Å². The van der Waals surface area contributed by atoms with Gasteiger partial charge in [0.25, 0.3) is 0 Å². The van der Waals surface area contributed by atoms with Crippen molar-refractivity contribution in [2.24, 2.45) is 0 Å². The molecule has 1 saturated carbocycles. The Kier molecular flexibility index (Phi) is 2.72. The minimum absolute atomic E-state index is 0.0918. The quantitative estimate of drug-likeness (QED) is 0.718. The SMILES string of the molecule is Fc1cc(F)cc([C@H]2C[C@@H]2c2cc(Cl)nn3ccnc23)c1. The Hall–Kier alpha value is -2.01. The molecule has 106 valence electrons. The molecule has 0 N–H and O–H groups in total. The highest BCUT2D eigenvalue weighted by Crippen LogP contribution is 2.55. The zero-order chi connectivity index (χ0) is 14.6. The number of hydrogen-bond acceptors (Lipinski definition) is 2. The third-order valence-corrected chi connectivity index (χ3v) is 4.05. The molecule has 3 nitrogen and oxygen atoms in total. The molecule has 0 bridgehead atoms. The Labute approximate surface area is 124 Å². The molecule has 0 aliphatic heterocycles. The van der Waals surface area contributed by atoms with Gasteiger partial charge in [-0.1, -0.05) is 11.6 Å². The molecule has 21 heavy (non-hydrogen) atoms. The molecule has 1 aliphatic carbocycles. The summed E-state index contributed by atoms with van der Waals surface area (Å²) in [7, 11) is 0. The van der Waals surface area contributed by atoms with Gasteiger partial charge < -0.3 is 0 Å². The number of benzene rings is 1. The molecule has 1 fully saturated rings. The lowest BCUT2D eigenvalue weighted by Crippen LogP contribution is -1.97. The van der Waals surface area contributed by atoms with Crippen molar-refractivity contribution < 1.29 is 8.78 Å². The monoisotopic (exact) mass is 305 g/mol. The van der Waals surface area contributed by atoms with Crippen LogP contribution in [0.1, 0.15) is 29.4 Å². The van der Waals surface area contributed by atoms with Crippen LogP contribution < -0.4 is 0 Å². The molecule has 0 saturated heterocycles. The first-order valence-corrected chi connectivity index (χ1v) is 6.95. The van der Waals surface area contributed by atoms with E-state index in [-0.39, 0.29) is 11.8 Å². The normalized spacial score (nSPS) is 20.9. The standard InChI is InChI=1S/C15H10ClF2N3/c16-14-7-13(15-19-1-2-21(15)20-14)12-6-11(12)8-3-9(17)5-10(18)4-8/h1-5,7,11-12H,6H2/t11-,12+/m1/s1. The lowest BCUT2D eigenvalue weighted by Gasteiger charge is -2.05. The first-order chi connectivity index (χ1) is 10.1. The number of nitrogens with zero attached hydrogens (tertiary/aromatic N) is 3. The number of aromatic nitrogens is 3. The van der Waals surface area contributed by atoms with Crippen molar-refractivity contribution in [3.05, 3.63) is 64.6 Å². The van der Waals surface area contributed by atoms with Crippen LogP contribution in [-0.4, -0.2) is 14.6 Å². The molecule has 4 rings (SSSR count). The summed E-state index contributed by atoms with van der Waals surface area (Å²) in [5.74, 6) is -0.838. The van der Waals surface area contributed by atoms with E-state index in [1.165, 1.54) is 12.1 Å². The summed E-state index contributed by atoms with van der Waals surface area (Å²) in [6.07, 6.45) is 4.21. The summed E-state index contributed by atoms with van der Waals surface area (Å²) in [5.41, 5.74) is 2.38. The molecule has 0 spiro atoms. The van der Waals surface area contributed by atoms with Crippen LogP contribution in [0.2, 0.25) is 5.15 Å². The number of imidazole rings is 1. The van der Waals surface area contributed by atoms with Crippen molar-refractivity contribution in [2.45, 2.75) is 18.3 Å². The highest BCUT2D eigenvalue weighted by atomic mass is 35.5. The third-order valence-electron chi connectivity index (χ3n) is 3.86. The van der Waals surface area contributed by atoms with Crippen LogP contribution in [0.15, 0.2) is 36.7 Å². The van der Waals surface area contributed by atoms with Gasteiger partial charge in [-0.05, 0) is 42.0 Å². The van der Waals surface area contributed by atoms with Crippen molar-refractivity contribution in [1.82, 2.24) is 14.6 Å². The molecule has 0 radical (unpaired) electrons. The molecule has 1 aliphatic rings. The maximum absolute atomic E-state index is 13.3. The van der Waals surface area contributed by atoms with E-state index >= 15 is 0 Å².